The second-order valence-corrected chi connectivity index (χ2v) is 7.02. The first-order chi connectivity index (χ1) is 11.4. The normalized spacial score (nSPS) is 11.1. The van der Waals surface area contributed by atoms with E-state index in [0.29, 0.717) is 16.8 Å². The van der Waals surface area contributed by atoms with E-state index in [9.17, 15) is 13.2 Å². The summed E-state index contributed by atoms with van der Waals surface area (Å²) >= 11 is 0. The van der Waals surface area contributed by atoms with Gasteiger partial charge in [0.1, 0.15) is 0 Å². The molecule has 0 fully saturated rings. The van der Waals surface area contributed by atoms with Gasteiger partial charge in [-0.1, -0.05) is 24.3 Å². The summed E-state index contributed by atoms with van der Waals surface area (Å²) in [7, 11) is -3.70. The molecule has 5 nitrogen and oxygen atoms in total. The summed E-state index contributed by atoms with van der Waals surface area (Å²) in [6.45, 7) is 5.74. The average Bonchev–Trinajstić information content (AvgIpc) is 2.58. The lowest BCUT2D eigenvalue weighted by Gasteiger charge is -2.25. The monoisotopic (exact) mass is 347 g/mol. The second kappa shape index (κ2) is 7.49. The van der Waals surface area contributed by atoms with Crippen molar-refractivity contribution in [3.63, 3.8) is 0 Å². The number of hydrogen-bond donors (Lipinski definition) is 0. The fraction of sp³-hybridized carbons (Fsp3) is 0.278. The van der Waals surface area contributed by atoms with E-state index in [1.54, 1.807) is 69.3 Å². The Labute approximate surface area is 142 Å². The molecule has 0 saturated heterocycles. The summed E-state index contributed by atoms with van der Waals surface area (Å²) in [6.07, 6.45) is 0. The van der Waals surface area contributed by atoms with Gasteiger partial charge in [-0.3, -0.25) is 4.31 Å². The van der Waals surface area contributed by atoms with Crippen LogP contribution in [0, 0.1) is 6.92 Å². The van der Waals surface area contributed by atoms with E-state index in [1.807, 2.05) is 0 Å². The maximum atomic E-state index is 12.9. The van der Waals surface area contributed by atoms with E-state index in [2.05, 4.69) is 0 Å². The summed E-state index contributed by atoms with van der Waals surface area (Å²) in [5.74, 6) is -0.454. The first-order valence-electron chi connectivity index (χ1n) is 7.78. The van der Waals surface area contributed by atoms with E-state index in [-0.39, 0.29) is 18.0 Å². The van der Waals surface area contributed by atoms with Crippen LogP contribution in [0.15, 0.2) is 53.4 Å². The summed E-state index contributed by atoms with van der Waals surface area (Å²) in [6, 6.07) is 13.2. The van der Waals surface area contributed by atoms with E-state index in [4.69, 9.17) is 4.74 Å². The van der Waals surface area contributed by atoms with Gasteiger partial charge in [-0.15, -0.1) is 0 Å². The standard InChI is InChI=1S/C18H21NO4S/c1-4-19(24(21,22)15-10-7-6-8-11-15)17-13-9-12-16(14(17)3)18(20)23-5-2/h6-13H,4-5H2,1-3H3. The number of carbonyl (C=O) groups excluding carboxylic acids is 1. The van der Waals surface area contributed by atoms with Crippen LogP contribution < -0.4 is 4.31 Å². The van der Waals surface area contributed by atoms with Crippen LogP contribution in [0.1, 0.15) is 29.8 Å². The van der Waals surface area contributed by atoms with Crippen LogP contribution in [-0.2, 0) is 14.8 Å². The SMILES string of the molecule is CCOC(=O)c1cccc(N(CC)S(=O)(=O)c2ccccc2)c1C. The Morgan fingerprint density at radius 3 is 2.29 bits per heavy atom. The molecule has 0 spiro atoms. The van der Waals surface area contributed by atoms with Crippen LogP contribution in [0.3, 0.4) is 0 Å². The maximum Gasteiger partial charge on any atom is 0.338 e. The minimum absolute atomic E-state index is 0.216. The predicted octanol–water partition coefficient (Wildman–Crippen LogP) is 3.39. The van der Waals surface area contributed by atoms with Gasteiger partial charge >= 0.3 is 5.97 Å². The van der Waals surface area contributed by atoms with Crippen LogP contribution in [-0.4, -0.2) is 27.5 Å². The summed E-state index contributed by atoms with van der Waals surface area (Å²) < 4.78 is 32.2. The molecule has 0 unspecified atom stereocenters. The third kappa shape index (κ3) is 3.43. The zero-order valence-electron chi connectivity index (χ0n) is 14.0. The zero-order chi connectivity index (χ0) is 17.7. The highest BCUT2D eigenvalue weighted by atomic mass is 32.2. The molecule has 24 heavy (non-hydrogen) atoms. The first kappa shape index (κ1) is 18.0. The van der Waals surface area contributed by atoms with E-state index in [1.165, 1.54) is 4.31 Å². The Morgan fingerprint density at radius 2 is 1.71 bits per heavy atom. The molecule has 2 rings (SSSR count). The van der Waals surface area contributed by atoms with Crippen LogP contribution in [0.5, 0.6) is 0 Å². The lowest BCUT2D eigenvalue weighted by molar-refractivity contribution is 0.0525. The Balaban J connectivity index is 2.53. The van der Waals surface area contributed by atoms with Gasteiger partial charge in [0.25, 0.3) is 10.0 Å². The topological polar surface area (TPSA) is 63.7 Å². The Hall–Kier alpha value is -2.34. The molecule has 0 amide bonds. The van der Waals surface area contributed by atoms with Gasteiger partial charge in [0, 0.05) is 6.54 Å². The highest BCUT2D eigenvalue weighted by Crippen LogP contribution is 2.28. The predicted molar refractivity (Wildman–Crippen MR) is 93.8 cm³/mol. The Kier molecular flexibility index (Phi) is 5.62. The molecule has 0 aromatic heterocycles. The van der Waals surface area contributed by atoms with E-state index < -0.39 is 16.0 Å². The largest absolute Gasteiger partial charge is 0.462 e. The molecule has 0 aliphatic carbocycles. The summed E-state index contributed by atoms with van der Waals surface area (Å²) in [5, 5.41) is 0. The molecule has 2 aromatic rings. The highest BCUT2D eigenvalue weighted by Gasteiger charge is 2.26. The molecular formula is C18H21NO4S. The third-order valence-corrected chi connectivity index (χ3v) is 5.59. The maximum absolute atomic E-state index is 12.9. The first-order valence-corrected chi connectivity index (χ1v) is 9.22. The van der Waals surface area contributed by atoms with Gasteiger partial charge in [-0.05, 0) is 50.6 Å². The van der Waals surface area contributed by atoms with Crippen molar-refractivity contribution in [1.29, 1.82) is 0 Å². The number of carbonyl (C=O) groups is 1. The van der Waals surface area contributed by atoms with Crippen molar-refractivity contribution >= 4 is 21.7 Å². The third-order valence-electron chi connectivity index (χ3n) is 3.69. The van der Waals surface area contributed by atoms with Gasteiger partial charge in [-0.25, -0.2) is 13.2 Å². The van der Waals surface area contributed by atoms with Crippen LogP contribution in [0.25, 0.3) is 0 Å². The van der Waals surface area contributed by atoms with Crippen LogP contribution in [0.4, 0.5) is 5.69 Å². The lowest BCUT2D eigenvalue weighted by Crippen LogP contribution is -2.31. The molecular weight excluding hydrogens is 326 g/mol. The number of anilines is 1. The van der Waals surface area contributed by atoms with Crippen molar-refractivity contribution in [2.45, 2.75) is 25.7 Å². The van der Waals surface area contributed by atoms with Crippen molar-refractivity contribution in [3.05, 3.63) is 59.7 Å². The molecule has 0 aliphatic heterocycles. The highest BCUT2D eigenvalue weighted by molar-refractivity contribution is 7.92. The molecule has 128 valence electrons. The molecule has 0 atom stereocenters. The average molecular weight is 347 g/mol. The fourth-order valence-corrected chi connectivity index (χ4v) is 4.07. The molecule has 2 aromatic carbocycles. The number of sulfonamides is 1. The quantitative estimate of drug-likeness (QED) is 0.752. The summed E-state index contributed by atoms with van der Waals surface area (Å²) in [5.41, 5.74) is 1.43. The molecule has 0 heterocycles. The number of benzene rings is 2. The molecule has 0 bridgehead atoms. The number of nitrogens with zero attached hydrogens (tertiary/aromatic N) is 1. The molecule has 0 radical (unpaired) electrons. The minimum atomic E-state index is -3.70. The molecule has 0 saturated carbocycles. The van der Waals surface area contributed by atoms with Gasteiger partial charge in [-0.2, -0.15) is 0 Å². The smallest absolute Gasteiger partial charge is 0.338 e. The van der Waals surface area contributed by atoms with Crippen molar-refractivity contribution in [1.82, 2.24) is 0 Å². The van der Waals surface area contributed by atoms with Crippen molar-refractivity contribution in [2.24, 2.45) is 0 Å². The van der Waals surface area contributed by atoms with Crippen molar-refractivity contribution in [3.8, 4) is 0 Å². The van der Waals surface area contributed by atoms with Crippen LogP contribution in [0.2, 0.25) is 0 Å². The Morgan fingerprint density at radius 1 is 1.04 bits per heavy atom. The lowest BCUT2D eigenvalue weighted by atomic mass is 10.1. The van der Waals surface area contributed by atoms with Gasteiger partial charge in [0.15, 0.2) is 0 Å². The van der Waals surface area contributed by atoms with E-state index >= 15 is 0 Å². The minimum Gasteiger partial charge on any atom is -0.462 e. The molecule has 6 heteroatoms. The number of rotatable bonds is 6. The van der Waals surface area contributed by atoms with Gasteiger partial charge in [0.05, 0.1) is 22.8 Å². The van der Waals surface area contributed by atoms with Crippen LogP contribution >= 0.6 is 0 Å². The number of hydrogen-bond acceptors (Lipinski definition) is 4. The fourth-order valence-electron chi connectivity index (χ4n) is 2.51. The number of esters is 1. The Bertz CT molecular complexity index is 816. The van der Waals surface area contributed by atoms with Gasteiger partial charge < -0.3 is 4.74 Å². The van der Waals surface area contributed by atoms with Crippen molar-refractivity contribution < 1.29 is 17.9 Å². The molecule has 0 aliphatic rings. The van der Waals surface area contributed by atoms with E-state index in [0.717, 1.165) is 0 Å². The number of ether oxygens (including phenoxy) is 1. The second-order valence-electron chi connectivity index (χ2n) is 5.15. The zero-order valence-corrected chi connectivity index (χ0v) is 14.8. The molecule has 0 N–H and O–H groups in total. The summed E-state index contributed by atoms with van der Waals surface area (Å²) in [4.78, 5) is 12.3. The van der Waals surface area contributed by atoms with Crippen molar-refractivity contribution in [2.75, 3.05) is 17.5 Å². The van der Waals surface area contributed by atoms with Gasteiger partial charge in [0.2, 0.25) is 0 Å².